The van der Waals surface area contributed by atoms with Crippen molar-refractivity contribution in [1.82, 2.24) is 0 Å². The largest absolute Gasteiger partial charge is 0.303 e. The predicted molar refractivity (Wildman–Crippen MR) is 33.1 cm³/mol. The fraction of sp³-hybridized carbons (Fsp3) is 0.400. The highest BCUT2D eigenvalue weighted by molar-refractivity contribution is 6.31. The van der Waals surface area contributed by atoms with Gasteiger partial charge < -0.3 is 5.41 Å². The molecule has 0 aliphatic heterocycles. The average molecular weight is 136 g/mol. The predicted octanol–water partition coefficient (Wildman–Crippen LogP) is 2.47. The fourth-order valence-electron chi connectivity index (χ4n) is 0.258. The zero-order chi connectivity index (χ0) is 6.73. The van der Waals surface area contributed by atoms with Crippen molar-refractivity contribution in [2.24, 2.45) is 0 Å². The third-order valence-electron chi connectivity index (χ3n) is 0.632. The lowest BCUT2D eigenvalue weighted by molar-refractivity contribution is 0.674. The molecule has 0 atom stereocenters. The summed E-state index contributed by atoms with van der Waals surface area (Å²) in [4.78, 5) is 0. The summed E-state index contributed by atoms with van der Waals surface area (Å²) in [5, 5.41) is 6.75. The molecule has 0 amide bonds. The molecular formula is C5H7ClFN. The van der Waals surface area contributed by atoms with Crippen LogP contribution in [0.5, 0.6) is 0 Å². The Bertz CT molecular complexity index is 135. The summed E-state index contributed by atoms with van der Waals surface area (Å²) >= 11 is 5.19. The van der Waals surface area contributed by atoms with Gasteiger partial charge in [-0.2, -0.15) is 0 Å². The summed E-state index contributed by atoms with van der Waals surface area (Å²) in [6, 6.07) is 0. The van der Waals surface area contributed by atoms with E-state index in [1.54, 1.807) is 0 Å². The van der Waals surface area contributed by atoms with Crippen molar-refractivity contribution in [3.63, 3.8) is 0 Å². The molecule has 8 heavy (non-hydrogen) atoms. The van der Waals surface area contributed by atoms with Crippen molar-refractivity contribution in [2.75, 3.05) is 0 Å². The minimum absolute atomic E-state index is 0.0394. The molecule has 0 saturated carbocycles. The number of hydrogen-bond acceptors (Lipinski definition) is 1. The standard InChI is InChI=1S/C5H7ClFN/c1-3(6)5(7)4(2)8/h8H,1-2H3. The normalized spacial score (nSPS) is 13.0. The lowest BCUT2D eigenvalue weighted by Gasteiger charge is -1.90. The smallest absolute Gasteiger partial charge is 0.157 e. The van der Waals surface area contributed by atoms with Gasteiger partial charge in [-0.3, -0.25) is 0 Å². The van der Waals surface area contributed by atoms with E-state index < -0.39 is 5.83 Å². The van der Waals surface area contributed by atoms with Crippen LogP contribution in [-0.4, -0.2) is 5.71 Å². The Morgan fingerprint density at radius 3 is 1.88 bits per heavy atom. The summed E-state index contributed by atoms with van der Waals surface area (Å²) in [7, 11) is 0. The van der Waals surface area contributed by atoms with E-state index in [4.69, 9.17) is 17.0 Å². The Kier molecular flexibility index (Phi) is 2.69. The minimum atomic E-state index is -0.633. The molecule has 0 fully saturated rings. The van der Waals surface area contributed by atoms with Crippen molar-refractivity contribution in [3.05, 3.63) is 10.9 Å². The Hall–Kier alpha value is -0.370. The highest BCUT2D eigenvalue weighted by atomic mass is 35.5. The maximum atomic E-state index is 12.2. The summed E-state index contributed by atoms with van der Waals surface area (Å²) in [6.45, 7) is 2.76. The lowest BCUT2D eigenvalue weighted by atomic mass is 10.3. The van der Waals surface area contributed by atoms with Gasteiger partial charge in [0.2, 0.25) is 0 Å². The van der Waals surface area contributed by atoms with E-state index in [1.165, 1.54) is 13.8 Å². The van der Waals surface area contributed by atoms with Crippen LogP contribution in [0.25, 0.3) is 0 Å². The van der Waals surface area contributed by atoms with Crippen molar-refractivity contribution in [2.45, 2.75) is 13.8 Å². The molecule has 0 radical (unpaired) electrons. The van der Waals surface area contributed by atoms with Crippen LogP contribution in [0.15, 0.2) is 10.9 Å². The Morgan fingerprint density at radius 1 is 1.50 bits per heavy atom. The van der Waals surface area contributed by atoms with Gasteiger partial charge >= 0.3 is 0 Å². The summed E-state index contributed by atoms with van der Waals surface area (Å²) in [5.74, 6) is -0.633. The second kappa shape index (κ2) is 2.82. The van der Waals surface area contributed by atoms with Crippen LogP contribution < -0.4 is 0 Å². The van der Waals surface area contributed by atoms with Crippen molar-refractivity contribution >= 4 is 17.3 Å². The maximum absolute atomic E-state index is 12.2. The van der Waals surface area contributed by atoms with E-state index in [9.17, 15) is 4.39 Å². The van der Waals surface area contributed by atoms with Crippen molar-refractivity contribution in [3.8, 4) is 0 Å². The summed E-state index contributed by atoms with van der Waals surface area (Å²) in [6.07, 6.45) is 0. The first-order valence-electron chi connectivity index (χ1n) is 2.13. The zero-order valence-corrected chi connectivity index (χ0v) is 5.51. The molecule has 46 valence electrons. The third kappa shape index (κ3) is 2.07. The minimum Gasteiger partial charge on any atom is -0.303 e. The molecule has 0 rings (SSSR count). The Balaban J connectivity index is 4.23. The molecule has 0 unspecified atom stereocenters. The van der Waals surface area contributed by atoms with Crippen molar-refractivity contribution < 1.29 is 4.39 Å². The molecule has 0 bridgehead atoms. The molecule has 0 aliphatic rings. The van der Waals surface area contributed by atoms with Gasteiger partial charge in [-0.1, -0.05) is 11.6 Å². The number of halogens is 2. The first kappa shape index (κ1) is 7.63. The number of rotatable bonds is 1. The van der Waals surface area contributed by atoms with Gasteiger partial charge in [0.25, 0.3) is 0 Å². The monoisotopic (exact) mass is 135 g/mol. The molecule has 0 aromatic heterocycles. The third-order valence-corrected chi connectivity index (χ3v) is 0.798. The van der Waals surface area contributed by atoms with Crippen molar-refractivity contribution in [1.29, 1.82) is 5.41 Å². The van der Waals surface area contributed by atoms with Crippen LogP contribution in [0.3, 0.4) is 0 Å². The molecule has 1 nitrogen and oxygen atoms in total. The molecule has 0 aromatic rings. The van der Waals surface area contributed by atoms with Gasteiger partial charge in [0.1, 0.15) is 0 Å². The van der Waals surface area contributed by atoms with E-state index in [0.717, 1.165) is 0 Å². The molecular weight excluding hydrogens is 129 g/mol. The van der Waals surface area contributed by atoms with Crippen LogP contribution in [0.2, 0.25) is 0 Å². The van der Waals surface area contributed by atoms with Gasteiger partial charge in [0.05, 0.1) is 10.7 Å². The molecule has 0 aromatic carbocycles. The summed E-state index contributed by atoms with van der Waals surface area (Å²) in [5.41, 5.74) is -0.127. The molecule has 0 aliphatic carbocycles. The highest BCUT2D eigenvalue weighted by Crippen LogP contribution is 2.09. The fourth-order valence-corrected chi connectivity index (χ4v) is 0.400. The van der Waals surface area contributed by atoms with E-state index in [2.05, 4.69) is 0 Å². The molecule has 0 saturated heterocycles. The van der Waals surface area contributed by atoms with Gasteiger partial charge in [-0.25, -0.2) is 4.39 Å². The highest BCUT2D eigenvalue weighted by Gasteiger charge is 1.98. The van der Waals surface area contributed by atoms with E-state index in [-0.39, 0.29) is 10.7 Å². The second-order valence-electron chi connectivity index (χ2n) is 1.47. The maximum Gasteiger partial charge on any atom is 0.157 e. The quantitative estimate of drug-likeness (QED) is 0.534. The number of hydrogen-bond donors (Lipinski definition) is 1. The topological polar surface area (TPSA) is 23.9 Å². The van der Waals surface area contributed by atoms with Gasteiger partial charge in [0, 0.05) is 0 Å². The second-order valence-corrected chi connectivity index (χ2v) is 2.04. The number of allylic oxidation sites excluding steroid dienone is 2. The van der Waals surface area contributed by atoms with Gasteiger partial charge in [-0.15, -0.1) is 0 Å². The SMILES string of the molecule is CC(=N)C(F)=C(C)Cl. The first-order chi connectivity index (χ1) is 3.55. The van der Waals surface area contributed by atoms with Crippen LogP contribution in [0.4, 0.5) is 4.39 Å². The first-order valence-corrected chi connectivity index (χ1v) is 2.51. The van der Waals surface area contributed by atoms with Crippen LogP contribution in [0.1, 0.15) is 13.8 Å². The Morgan fingerprint density at radius 2 is 1.88 bits per heavy atom. The summed E-state index contributed by atoms with van der Waals surface area (Å²) < 4.78 is 12.2. The van der Waals surface area contributed by atoms with Crippen LogP contribution in [0, 0.1) is 5.41 Å². The van der Waals surface area contributed by atoms with Gasteiger partial charge in [0.15, 0.2) is 5.83 Å². The van der Waals surface area contributed by atoms with Crippen LogP contribution in [-0.2, 0) is 0 Å². The number of nitrogens with one attached hydrogen (secondary N) is 1. The molecule has 0 spiro atoms. The average Bonchev–Trinajstić information content (AvgIpc) is 1.64. The molecule has 0 heterocycles. The van der Waals surface area contributed by atoms with E-state index in [1.807, 2.05) is 0 Å². The lowest BCUT2D eigenvalue weighted by Crippen LogP contribution is -1.88. The van der Waals surface area contributed by atoms with Crippen LogP contribution >= 0.6 is 11.6 Å². The van der Waals surface area contributed by atoms with E-state index in [0.29, 0.717) is 0 Å². The Labute approximate surface area is 52.7 Å². The van der Waals surface area contributed by atoms with E-state index >= 15 is 0 Å². The van der Waals surface area contributed by atoms with Gasteiger partial charge in [-0.05, 0) is 13.8 Å². The molecule has 3 heteroatoms. The zero-order valence-electron chi connectivity index (χ0n) is 4.76. The molecule has 1 N–H and O–H groups in total.